The fourth-order valence-electron chi connectivity index (χ4n) is 1.70. The van der Waals surface area contributed by atoms with Crippen molar-refractivity contribution in [2.24, 2.45) is 0 Å². The minimum atomic E-state index is 0.285. The van der Waals surface area contributed by atoms with Crippen molar-refractivity contribution in [2.75, 3.05) is 26.9 Å². The Kier molecular flexibility index (Phi) is 7.30. The normalized spacial score (nSPS) is 10.8. The van der Waals surface area contributed by atoms with Crippen LogP contribution in [0.5, 0.6) is 11.5 Å². The van der Waals surface area contributed by atoms with Gasteiger partial charge in [-0.05, 0) is 38.5 Å². The number of methoxy groups -OCH3 is 1. The molecule has 0 aromatic heterocycles. The second kappa shape index (κ2) is 8.77. The van der Waals surface area contributed by atoms with Gasteiger partial charge in [-0.1, -0.05) is 6.07 Å². The van der Waals surface area contributed by atoms with Crippen molar-refractivity contribution in [1.29, 1.82) is 0 Å². The van der Waals surface area contributed by atoms with E-state index in [-0.39, 0.29) is 6.10 Å². The van der Waals surface area contributed by atoms with Crippen molar-refractivity contribution in [1.82, 2.24) is 5.32 Å². The molecular formula is C15H25NO3. The quantitative estimate of drug-likeness (QED) is 0.698. The predicted molar refractivity (Wildman–Crippen MR) is 77.0 cm³/mol. The smallest absolute Gasteiger partial charge is 0.161 e. The first kappa shape index (κ1) is 15.8. The summed E-state index contributed by atoms with van der Waals surface area (Å²) in [6.07, 6.45) is 0.285. The van der Waals surface area contributed by atoms with Crippen LogP contribution in [0, 0.1) is 0 Å². The summed E-state index contributed by atoms with van der Waals surface area (Å²) in [5.74, 6) is 1.57. The Morgan fingerprint density at radius 1 is 1.21 bits per heavy atom. The van der Waals surface area contributed by atoms with Gasteiger partial charge >= 0.3 is 0 Å². The maximum atomic E-state index is 5.55. The van der Waals surface area contributed by atoms with Crippen molar-refractivity contribution in [2.45, 2.75) is 33.4 Å². The molecule has 4 nitrogen and oxygen atoms in total. The van der Waals surface area contributed by atoms with Crippen LogP contribution in [0.3, 0.4) is 0 Å². The molecule has 108 valence electrons. The molecule has 0 radical (unpaired) electrons. The summed E-state index contributed by atoms with van der Waals surface area (Å²) in [5.41, 5.74) is 1.17. The molecule has 0 fully saturated rings. The topological polar surface area (TPSA) is 39.7 Å². The molecule has 1 aromatic rings. The molecule has 4 heteroatoms. The summed E-state index contributed by atoms with van der Waals surface area (Å²) >= 11 is 0. The van der Waals surface area contributed by atoms with E-state index in [1.165, 1.54) is 5.56 Å². The Morgan fingerprint density at radius 2 is 2.00 bits per heavy atom. The van der Waals surface area contributed by atoms with Crippen LogP contribution in [-0.4, -0.2) is 33.0 Å². The van der Waals surface area contributed by atoms with E-state index in [1.54, 1.807) is 7.11 Å². The van der Waals surface area contributed by atoms with E-state index in [4.69, 9.17) is 14.2 Å². The fraction of sp³-hybridized carbons (Fsp3) is 0.600. The Labute approximate surface area is 116 Å². The average molecular weight is 267 g/mol. The van der Waals surface area contributed by atoms with Crippen molar-refractivity contribution in [3.8, 4) is 11.5 Å². The molecule has 1 N–H and O–H groups in total. The van der Waals surface area contributed by atoms with Crippen molar-refractivity contribution in [3.63, 3.8) is 0 Å². The van der Waals surface area contributed by atoms with Crippen LogP contribution in [-0.2, 0) is 11.3 Å². The molecule has 0 saturated carbocycles. The summed E-state index contributed by atoms with van der Waals surface area (Å²) in [5, 5.41) is 3.34. The summed E-state index contributed by atoms with van der Waals surface area (Å²) < 4.78 is 16.3. The third kappa shape index (κ3) is 5.94. The molecule has 0 aliphatic heterocycles. The van der Waals surface area contributed by atoms with Crippen LogP contribution in [0.4, 0.5) is 0 Å². The van der Waals surface area contributed by atoms with Gasteiger partial charge in [-0.25, -0.2) is 0 Å². The lowest BCUT2D eigenvalue weighted by molar-refractivity contribution is 0.0807. The Balaban J connectivity index is 2.43. The zero-order valence-electron chi connectivity index (χ0n) is 12.4. The van der Waals surface area contributed by atoms with Crippen LogP contribution in [0.15, 0.2) is 18.2 Å². The molecule has 0 heterocycles. The predicted octanol–water partition coefficient (Wildman–Crippen LogP) is 2.61. The SMILES string of the molecule is CCOc1cc(CNCCOC(C)C)ccc1OC. The number of hydrogen-bond acceptors (Lipinski definition) is 4. The molecule has 0 aliphatic carbocycles. The largest absolute Gasteiger partial charge is 0.493 e. The van der Waals surface area contributed by atoms with E-state index in [9.17, 15) is 0 Å². The molecular weight excluding hydrogens is 242 g/mol. The lowest BCUT2D eigenvalue weighted by Gasteiger charge is -2.12. The Hall–Kier alpha value is -1.26. The fourth-order valence-corrected chi connectivity index (χ4v) is 1.70. The highest BCUT2D eigenvalue weighted by Gasteiger charge is 2.05. The van der Waals surface area contributed by atoms with Gasteiger partial charge in [0.1, 0.15) is 0 Å². The molecule has 1 aromatic carbocycles. The highest BCUT2D eigenvalue weighted by atomic mass is 16.5. The van der Waals surface area contributed by atoms with Gasteiger partial charge in [-0.3, -0.25) is 0 Å². The van der Waals surface area contributed by atoms with Crippen molar-refractivity contribution in [3.05, 3.63) is 23.8 Å². The summed E-state index contributed by atoms with van der Waals surface area (Å²) in [4.78, 5) is 0. The van der Waals surface area contributed by atoms with Crippen LogP contribution in [0.25, 0.3) is 0 Å². The highest BCUT2D eigenvalue weighted by Crippen LogP contribution is 2.27. The van der Waals surface area contributed by atoms with Crippen LogP contribution in [0.1, 0.15) is 26.3 Å². The van der Waals surface area contributed by atoms with E-state index in [1.807, 2.05) is 39.0 Å². The van der Waals surface area contributed by atoms with Crippen LogP contribution >= 0.6 is 0 Å². The number of benzene rings is 1. The second-order valence-electron chi connectivity index (χ2n) is 4.51. The molecule has 0 unspecified atom stereocenters. The monoisotopic (exact) mass is 267 g/mol. The third-order valence-electron chi connectivity index (χ3n) is 2.59. The number of nitrogens with one attached hydrogen (secondary N) is 1. The van der Waals surface area contributed by atoms with Gasteiger partial charge in [0.2, 0.25) is 0 Å². The molecule has 0 saturated heterocycles. The zero-order chi connectivity index (χ0) is 14.1. The summed E-state index contributed by atoms with van der Waals surface area (Å²) in [6.45, 7) is 9.05. The van der Waals surface area contributed by atoms with Crippen molar-refractivity contribution >= 4 is 0 Å². The highest BCUT2D eigenvalue weighted by molar-refractivity contribution is 5.42. The number of rotatable bonds is 9. The second-order valence-corrected chi connectivity index (χ2v) is 4.51. The van der Waals surface area contributed by atoms with Gasteiger partial charge in [0.05, 0.1) is 26.4 Å². The van der Waals surface area contributed by atoms with Crippen LogP contribution in [0.2, 0.25) is 0 Å². The van der Waals surface area contributed by atoms with Crippen LogP contribution < -0.4 is 14.8 Å². The average Bonchev–Trinajstić information content (AvgIpc) is 2.39. The van der Waals surface area contributed by atoms with Gasteiger partial charge in [-0.2, -0.15) is 0 Å². The van der Waals surface area contributed by atoms with E-state index in [0.29, 0.717) is 6.61 Å². The standard InChI is InChI=1S/C15H25NO3/c1-5-18-15-10-13(6-7-14(15)17-4)11-16-8-9-19-12(2)3/h6-7,10,12,16H,5,8-9,11H2,1-4H3. The zero-order valence-corrected chi connectivity index (χ0v) is 12.4. The van der Waals surface area contributed by atoms with E-state index in [0.717, 1.165) is 31.2 Å². The van der Waals surface area contributed by atoms with Gasteiger partial charge < -0.3 is 19.5 Å². The molecule has 0 atom stereocenters. The lowest BCUT2D eigenvalue weighted by atomic mass is 10.2. The number of hydrogen-bond donors (Lipinski definition) is 1. The maximum absolute atomic E-state index is 5.55. The minimum Gasteiger partial charge on any atom is -0.493 e. The minimum absolute atomic E-state index is 0.285. The molecule has 19 heavy (non-hydrogen) atoms. The third-order valence-corrected chi connectivity index (χ3v) is 2.59. The summed E-state index contributed by atoms with van der Waals surface area (Å²) in [6, 6.07) is 5.99. The van der Waals surface area contributed by atoms with E-state index >= 15 is 0 Å². The Bertz CT molecular complexity index is 366. The summed E-state index contributed by atoms with van der Waals surface area (Å²) in [7, 11) is 1.65. The van der Waals surface area contributed by atoms with Gasteiger partial charge in [0.25, 0.3) is 0 Å². The Morgan fingerprint density at radius 3 is 2.63 bits per heavy atom. The van der Waals surface area contributed by atoms with E-state index in [2.05, 4.69) is 5.32 Å². The van der Waals surface area contributed by atoms with Gasteiger partial charge in [0, 0.05) is 13.1 Å². The lowest BCUT2D eigenvalue weighted by Crippen LogP contribution is -2.20. The molecule has 0 bridgehead atoms. The molecule has 0 amide bonds. The van der Waals surface area contributed by atoms with Gasteiger partial charge in [0.15, 0.2) is 11.5 Å². The molecule has 0 aliphatic rings. The number of ether oxygens (including phenoxy) is 3. The first-order valence-electron chi connectivity index (χ1n) is 6.79. The van der Waals surface area contributed by atoms with Gasteiger partial charge in [-0.15, -0.1) is 0 Å². The van der Waals surface area contributed by atoms with E-state index < -0.39 is 0 Å². The van der Waals surface area contributed by atoms with Crippen molar-refractivity contribution < 1.29 is 14.2 Å². The maximum Gasteiger partial charge on any atom is 0.161 e. The molecule has 0 spiro atoms. The first-order valence-corrected chi connectivity index (χ1v) is 6.79. The first-order chi connectivity index (χ1) is 9.17. The molecule has 1 rings (SSSR count).